The lowest BCUT2D eigenvalue weighted by Gasteiger charge is -2.12. The van der Waals surface area contributed by atoms with Gasteiger partial charge < -0.3 is 15.8 Å². The number of nitrogens with one attached hydrogen (secondary N) is 1. The maximum absolute atomic E-state index is 12.1. The van der Waals surface area contributed by atoms with Crippen LogP contribution in [0.1, 0.15) is 13.8 Å². The molecule has 1 aromatic carbocycles. The quantitative estimate of drug-likeness (QED) is 0.834. The van der Waals surface area contributed by atoms with Gasteiger partial charge >= 0.3 is 5.97 Å². The summed E-state index contributed by atoms with van der Waals surface area (Å²) in [7, 11) is 0. The molecule has 1 aliphatic rings. The van der Waals surface area contributed by atoms with Gasteiger partial charge in [-0.05, 0) is 24.8 Å². The number of carbonyl (C=O) groups excluding carboxylic acids is 1. The third kappa shape index (κ3) is 2.96. The van der Waals surface area contributed by atoms with Crippen molar-refractivity contribution in [1.82, 2.24) is 0 Å². The van der Waals surface area contributed by atoms with E-state index >= 15 is 0 Å². The Hall–Kier alpha value is -1.95. The van der Waals surface area contributed by atoms with Gasteiger partial charge in [-0.1, -0.05) is 19.1 Å². The van der Waals surface area contributed by atoms with Gasteiger partial charge in [0.25, 0.3) is 0 Å². The van der Waals surface area contributed by atoms with Crippen LogP contribution in [-0.4, -0.2) is 24.2 Å². The van der Waals surface area contributed by atoms with E-state index in [1.54, 1.807) is 6.92 Å². The number of para-hydroxylation sites is 2. The largest absolute Gasteiger partial charge is 0.462 e. The van der Waals surface area contributed by atoms with Crippen LogP contribution in [0.15, 0.2) is 39.9 Å². The summed E-state index contributed by atoms with van der Waals surface area (Å²) in [5.41, 5.74) is 7.82. The molecule has 0 bridgehead atoms. The first-order valence-corrected chi connectivity index (χ1v) is 7.40. The smallest absolute Gasteiger partial charge is 0.344 e. The molecular formula is C14H17N3O2S. The molecular weight excluding hydrogens is 274 g/mol. The van der Waals surface area contributed by atoms with Crippen LogP contribution in [0.25, 0.3) is 0 Å². The lowest BCUT2D eigenvalue weighted by Crippen LogP contribution is -2.25. The SMILES string of the molecule is CCOC(=O)C1=C(SCC)Nc2ccccc2N=C1N. The molecule has 0 radical (unpaired) electrons. The summed E-state index contributed by atoms with van der Waals surface area (Å²) < 4.78 is 5.07. The Morgan fingerprint density at radius 1 is 1.40 bits per heavy atom. The molecule has 0 atom stereocenters. The summed E-state index contributed by atoms with van der Waals surface area (Å²) in [6, 6.07) is 7.52. The topological polar surface area (TPSA) is 76.7 Å². The van der Waals surface area contributed by atoms with Crippen LogP contribution in [0.5, 0.6) is 0 Å². The molecule has 20 heavy (non-hydrogen) atoms. The van der Waals surface area contributed by atoms with Crippen molar-refractivity contribution in [2.24, 2.45) is 10.7 Å². The predicted octanol–water partition coefficient (Wildman–Crippen LogP) is 2.63. The van der Waals surface area contributed by atoms with Gasteiger partial charge in [0.1, 0.15) is 11.4 Å². The fourth-order valence-corrected chi connectivity index (χ4v) is 2.62. The molecule has 106 valence electrons. The molecule has 0 unspecified atom stereocenters. The number of benzene rings is 1. The second kappa shape index (κ2) is 6.47. The normalized spacial score (nSPS) is 14.0. The van der Waals surface area contributed by atoms with Crippen molar-refractivity contribution in [3.05, 3.63) is 34.9 Å². The standard InChI is InChI=1S/C14H17N3O2S/c1-3-19-14(18)11-12(15)16-9-7-5-6-8-10(9)17-13(11)20-4-2/h5-8,17H,3-4H2,1-2H3,(H2,15,16). The van der Waals surface area contributed by atoms with Gasteiger partial charge in [0.05, 0.1) is 23.0 Å². The van der Waals surface area contributed by atoms with E-state index in [1.165, 1.54) is 11.8 Å². The number of ether oxygens (including phenoxy) is 1. The molecule has 2 rings (SSSR count). The van der Waals surface area contributed by atoms with Crippen LogP contribution >= 0.6 is 11.8 Å². The fourth-order valence-electron chi connectivity index (χ4n) is 1.82. The fraction of sp³-hybridized carbons (Fsp3) is 0.286. The van der Waals surface area contributed by atoms with Crippen molar-refractivity contribution >= 4 is 34.9 Å². The van der Waals surface area contributed by atoms with Gasteiger partial charge in [0.2, 0.25) is 0 Å². The van der Waals surface area contributed by atoms with E-state index in [1.807, 2.05) is 31.2 Å². The van der Waals surface area contributed by atoms with Gasteiger partial charge in [0, 0.05) is 0 Å². The molecule has 0 spiro atoms. The molecule has 5 nitrogen and oxygen atoms in total. The Morgan fingerprint density at radius 3 is 2.85 bits per heavy atom. The van der Waals surface area contributed by atoms with Crippen LogP contribution in [0.3, 0.4) is 0 Å². The zero-order chi connectivity index (χ0) is 14.5. The Kier molecular flexibility index (Phi) is 4.68. The molecule has 1 heterocycles. The molecule has 0 amide bonds. The van der Waals surface area contributed by atoms with Crippen molar-refractivity contribution in [3.63, 3.8) is 0 Å². The maximum Gasteiger partial charge on any atom is 0.344 e. The lowest BCUT2D eigenvalue weighted by atomic mass is 10.2. The second-order valence-electron chi connectivity index (χ2n) is 4.00. The van der Waals surface area contributed by atoms with Crippen LogP contribution in [0, 0.1) is 0 Å². The first-order chi connectivity index (χ1) is 9.67. The number of rotatable bonds is 4. The molecule has 0 fully saturated rings. The highest BCUT2D eigenvalue weighted by Gasteiger charge is 2.24. The van der Waals surface area contributed by atoms with Crippen LogP contribution < -0.4 is 11.1 Å². The molecule has 0 aromatic heterocycles. The number of thioether (sulfide) groups is 1. The molecule has 1 aromatic rings. The summed E-state index contributed by atoms with van der Waals surface area (Å²) >= 11 is 1.50. The molecule has 6 heteroatoms. The number of amidine groups is 1. The third-order valence-electron chi connectivity index (χ3n) is 2.64. The van der Waals surface area contributed by atoms with E-state index in [-0.39, 0.29) is 5.84 Å². The minimum atomic E-state index is -0.454. The van der Waals surface area contributed by atoms with Crippen LogP contribution in [0.4, 0.5) is 11.4 Å². The number of hydrogen-bond acceptors (Lipinski definition) is 6. The van der Waals surface area contributed by atoms with Crippen LogP contribution in [-0.2, 0) is 9.53 Å². The summed E-state index contributed by atoms with van der Waals surface area (Å²) in [4.78, 5) is 16.4. The van der Waals surface area contributed by atoms with E-state index < -0.39 is 5.97 Å². The summed E-state index contributed by atoms with van der Waals surface area (Å²) in [5.74, 6) is 0.530. The van der Waals surface area contributed by atoms with Crippen molar-refractivity contribution in [2.75, 3.05) is 17.7 Å². The van der Waals surface area contributed by atoms with Crippen molar-refractivity contribution < 1.29 is 9.53 Å². The second-order valence-corrected chi connectivity index (χ2v) is 5.27. The van der Waals surface area contributed by atoms with E-state index in [2.05, 4.69) is 10.3 Å². The first kappa shape index (κ1) is 14.5. The molecule has 0 saturated carbocycles. The van der Waals surface area contributed by atoms with E-state index in [0.29, 0.717) is 22.9 Å². The average molecular weight is 291 g/mol. The van der Waals surface area contributed by atoms with Gasteiger partial charge in [-0.3, -0.25) is 0 Å². The van der Waals surface area contributed by atoms with E-state index in [0.717, 1.165) is 11.4 Å². The van der Waals surface area contributed by atoms with Gasteiger partial charge in [0.15, 0.2) is 0 Å². The number of nitrogens with two attached hydrogens (primary N) is 1. The molecule has 3 N–H and O–H groups in total. The molecule has 0 aliphatic carbocycles. The number of carbonyl (C=O) groups is 1. The highest BCUT2D eigenvalue weighted by atomic mass is 32.2. The number of nitrogens with zero attached hydrogens (tertiary/aromatic N) is 1. The Labute approximate surface area is 122 Å². The minimum absolute atomic E-state index is 0.178. The maximum atomic E-state index is 12.1. The minimum Gasteiger partial charge on any atom is -0.462 e. The van der Waals surface area contributed by atoms with Crippen molar-refractivity contribution in [2.45, 2.75) is 13.8 Å². The number of fused-ring (bicyclic) bond motifs is 1. The highest BCUT2D eigenvalue weighted by Crippen LogP contribution is 2.33. The summed E-state index contributed by atoms with van der Waals surface area (Å²) in [6.45, 7) is 4.07. The van der Waals surface area contributed by atoms with Crippen molar-refractivity contribution in [1.29, 1.82) is 0 Å². The van der Waals surface area contributed by atoms with Gasteiger partial charge in [-0.25, -0.2) is 9.79 Å². The number of hydrogen-bond donors (Lipinski definition) is 2. The van der Waals surface area contributed by atoms with Gasteiger partial charge in [-0.2, -0.15) is 0 Å². The zero-order valence-corrected chi connectivity index (χ0v) is 12.3. The van der Waals surface area contributed by atoms with E-state index in [4.69, 9.17) is 10.5 Å². The van der Waals surface area contributed by atoms with Gasteiger partial charge in [-0.15, -0.1) is 11.8 Å². The number of esters is 1. The first-order valence-electron chi connectivity index (χ1n) is 6.42. The van der Waals surface area contributed by atoms with Crippen molar-refractivity contribution in [3.8, 4) is 0 Å². The number of aliphatic imine (C=N–C) groups is 1. The Bertz CT molecular complexity index is 582. The van der Waals surface area contributed by atoms with Crippen LogP contribution in [0.2, 0.25) is 0 Å². The monoisotopic (exact) mass is 291 g/mol. The summed E-state index contributed by atoms with van der Waals surface area (Å²) in [6.07, 6.45) is 0. The average Bonchev–Trinajstić information content (AvgIpc) is 2.55. The van der Waals surface area contributed by atoms with E-state index in [9.17, 15) is 4.79 Å². The summed E-state index contributed by atoms with van der Waals surface area (Å²) in [5, 5.41) is 3.91. The Morgan fingerprint density at radius 2 is 2.15 bits per heavy atom. The molecule has 1 aliphatic heterocycles. The third-order valence-corrected chi connectivity index (χ3v) is 3.53. The highest BCUT2D eigenvalue weighted by molar-refractivity contribution is 8.03. The number of anilines is 1. The lowest BCUT2D eigenvalue weighted by molar-refractivity contribution is -0.137. The molecule has 0 saturated heterocycles. The zero-order valence-electron chi connectivity index (χ0n) is 11.5. The Balaban J connectivity index is 2.50. The predicted molar refractivity (Wildman–Crippen MR) is 83.1 cm³/mol.